The first-order valence-electron chi connectivity index (χ1n) is 8.52. The van der Waals surface area contributed by atoms with Crippen molar-refractivity contribution < 1.29 is 4.74 Å². The van der Waals surface area contributed by atoms with Gasteiger partial charge in [-0.1, -0.05) is 20.8 Å². The van der Waals surface area contributed by atoms with E-state index in [4.69, 9.17) is 4.74 Å². The number of ether oxygens (including phenoxy) is 1. The molecule has 0 saturated carbocycles. The van der Waals surface area contributed by atoms with Gasteiger partial charge in [-0.3, -0.25) is 14.1 Å². The number of H-pyrrole nitrogens is 1. The quantitative estimate of drug-likeness (QED) is 0.707. The predicted octanol–water partition coefficient (Wildman–Crippen LogP) is 2.80. The van der Waals surface area contributed by atoms with Gasteiger partial charge in [-0.25, -0.2) is 4.98 Å². The Morgan fingerprint density at radius 2 is 2.00 bits per heavy atom. The first kappa shape index (κ1) is 16.5. The minimum Gasteiger partial charge on any atom is -0.475 e. The van der Waals surface area contributed by atoms with Gasteiger partial charge in [-0.05, 0) is 32.1 Å². The molecule has 6 nitrogen and oxygen atoms in total. The molecule has 3 aromatic rings. The molecule has 2 aromatic heterocycles. The molecule has 1 unspecified atom stereocenters. The molecule has 0 spiro atoms. The van der Waals surface area contributed by atoms with E-state index in [2.05, 4.69) is 28.7 Å². The molecule has 0 bridgehead atoms. The lowest BCUT2D eigenvalue weighted by molar-refractivity contribution is 0.0482. The van der Waals surface area contributed by atoms with E-state index in [-0.39, 0.29) is 11.8 Å². The van der Waals surface area contributed by atoms with E-state index in [0.29, 0.717) is 5.52 Å². The van der Waals surface area contributed by atoms with Crippen LogP contribution in [0.5, 0.6) is 5.75 Å². The highest BCUT2D eigenvalue weighted by molar-refractivity contribution is 5.79. The number of hydrogen-bond donors (Lipinski definition) is 1. The monoisotopic (exact) mass is 328 g/mol. The van der Waals surface area contributed by atoms with E-state index in [9.17, 15) is 4.79 Å². The van der Waals surface area contributed by atoms with Crippen LogP contribution in [0, 0.1) is 0 Å². The van der Waals surface area contributed by atoms with E-state index in [1.165, 1.54) is 0 Å². The van der Waals surface area contributed by atoms with Gasteiger partial charge >= 0.3 is 0 Å². The fraction of sp³-hybridized carbons (Fsp3) is 0.444. The highest BCUT2D eigenvalue weighted by Gasteiger charge is 2.14. The molecule has 1 aromatic carbocycles. The minimum atomic E-state index is -0.125. The van der Waals surface area contributed by atoms with Gasteiger partial charge in [0.15, 0.2) is 0 Å². The van der Waals surface area contributed by atoms with Gasteiger partial charge in [0.25, 0.3) is 5.56 Å². The van der Waals surface area contributed by atoms with Crippen LogP contribution in [0.4, 0.5) is 0 Å². The highest BCUT2D eigenvalue weighted by atomic mass is 16.5. The van der Waals surface area contributed by atoms with Gasteiger partial charge in [0.05, 0.1) is 17.2 Å². The van der Waals surface area contributed by atoms with Crippen LogP contribution in [0.15, 0.2) is 29.2 Å². The number of nitrogens with one attached hydrogen (secondary N) is 1. The average molecular weight is 328 g/mol. The maximum Gasteiger partial charge on any atom is 0.274 e. The second kappa shape index (κ2) is 6.65. The number of aryl methyl sites for hydroxylation is 1. The van der Waals surface area contributed by atoms with Crippen LogP contribution >= 0.6 is 0 Å². The summed E-state index contributed by atoms with van der Waals surface area (Å²) in [5, 5.41) is 0. The first-order chi connectivity index (χ1) is 11.6. The normalized spacial score (nSPS) is 13.0. The van der Waals surface area contributed by atoms with Gasteiger partial charge in [0.2, 0.25) is 0 Å². The number of rotatable bonds is 6. The van der Waals surface area contributed by atoms with Crippen molar-refractivity contribution in [1.82, 2.24) is 19.3 Å². The number of nitrogens with zero attached hydrogens (tertiary/aromatic N) is 3. The van der Waals surface area contributed by atoms with Crippen LogP contribution in [0.2, 0.25) is 0 Å². The van der Waals surface area contributed by atoms with Crippen molar-refractivity contribution in [3.8, 4) is 5.75 Å². The third-order valence-electron chi connectivity index (χ3n) is 4.48. The highest BCUT2D eigenvalue weighted by Crippen LogP contribution is 2.22. The van der Waals surface area contributed by atoms with Crippen LogP contribution < -0.4 is 10.3 Å². The summed E-state index contributed by atoms with van der Waals surface area (Å²) in [4.78, 5) is 21.7. The molecule has 1 atom stereocenters. The first-order valence-corrected chi connectivity index (χ1v) is 8.52. The summed E-state index contributed by atoms with van der Waals surface area (Å²) in [6.07, 6.45) is 2.38. The van der Waals surface area contributed by atoms with Gasteiger partial charge in [0.1, 0.15) is 23.3 Å². The SMILES string of the molecule is CCc1ncc2c(=O)[nH]c3ccc(OC(C)N(CC)CC)cc3n12. The number of hydrogen-bond acceptors (Lipinski definition) is 4. The fourth-order valence-electron chi connectivity index (χ4n) is 3.14. The Hall–Kier alpha value is -2.34. The molecule has 3 rings (SSSR count). The molecule has 128 valence electrons. The number of aromatic amines is 1. The van der Waals surface area contributed by atoms with Crippen LogP contribution in [-0.2, 0) is 6.42 Å². The Balaban J connectivity index is 2.10. The van der Waals surface area contributed by atoms with Gasteiger partial charge in [0, 0.05) is 12.5 Å². The second-order valence-corrected chi connectivity index (χ2v) is 5.82. The van der Waals surface area contributed by atoms with Crippen LogP contribution in [0.1, 0.15) is 33.5 Å². The third kappa shape index (κ3) is 2.78. The summed E-state index contributed by atoms with van der Waals surface area (Å²) < 4.78 is 8.02. The molecule has 6 heteroatoms. The Morgan fingerprint density at radius 3 is 2.67 bits per heavy atom. The Kier molecular flexibility index (Phi) is 4.57. The molecular weight excluding hydrogens is 304 g/mol. The predicted molar refractivity (Wildman–Crippen MR) is 95.7 cm³/mol. The van der Waals surface area contributed by atoms with Crippen molar-refractivity contribution >= 4 is 16.6 Å². The molecule has 0 amide bonds. The Labute approximate surface area is 141 Å². The van der Waals surface area contributed by atoms with Gasteiger partial charge in [-0.2, -0.15) is 0 Å². The van der Waals surface area contributed by atoms with E-state index < -0.39 is 0 Å². The molecule has 1 N–H and O–H groups in total. The Bertz CT molecular complexity index is 908. The zero-order valence-corrected chi connectivity index (χ0v) is 14.7. The summed E-state index contributed by atoms with van der Waals surface area (Å²) in [5.74, 6) is 1.65. The average Bonchev–Trinajstić information content (AvgIpc) is 3.01. The zero-order chi connectivity index (χ0) is 17.3. The van der Waals surface area contributed by atoms with E-state index >= 15 is 0 Å². The van der Waals surface area contributed by atoms with Gasteiger partial charge in [-0.15, -0.1) is 0 Å². The lowest BCUT2D eigenvalue weighted by Crippen LogP contribution is -2.36. The van der Waals surface area contributed by atoms with Crippen molar-refractivity contribution in [2.75, 3.05) is 13.1 Å². The molecule has 24 heavy (non-hydrogen) atoms. The maximum absolute atomic E-state index is 12.2. The number of imidazole rings is 1. The molecule has 2 heterocycles. The molecule has 0 saturated heterocycles. The van der Waals surface area contributed by atoms with E-state index in [1.807, 2.05) is 36.4 Å². The smallest absolute Gasteiger partial charge is 0.274 e. The molecule has 0 aliphatic carbocycles. The van der Waals surface area contributed by atoms with Crippen molar-refractivity contribution in [3.05, 3.63) is 40.6 Å². The van der Waals surface area contributed by atoms with Crippen LogP contribution in [0.25, 0.3) is 16.6 Å². The van der Waals surface area contributed by atoms with Crippen LogP contribution in [0.3, 0.4) is 0 Å². The van der Waals surface area contributed by atoms with Crippen LogP contribution in [-0.4, -0.2) is 38.6 Å². The number of aromatic nitrogens is 3. The third-order valence-corrected chi connectivity index (χ3v) is 4.48. The molecular formula is C18H24N4O2. The molecule has 0 aliphatic rings. The summed E-state index contributed by atoms with van der Waals surface area (Å²) in [5.41, 5.74) is 2.12. The number of benzene rings is 1. The summed E-state index contributed by atoms with van der Waals surface area (Å²) in [6.45, 7) is 10.2. The maximum atomic E-state index is 12.2. The largest absolute Gasteiger partial charge is 0.475 e. The lowest BCUT2D eigenvalue weighted by Gasteiger charge is -2.27. The summed E-state index contributed by atoms with van der Waals surface area (Å²) >= 11 is 0. The number of fused-ring (bicyclic) bond motifs is 3. The van der Waals surface area contributed by atoms with Gasteiger partial charge < -0.3 is 9.72 Å². The van der Waals surface area contributed by atoms with E-state index in [0.717, 1.165) is 42.1 Å². The fourth-order valence-corrected chi connectivity index (χ4v) is 3.14. The molecule has 0 radical (unpaired) electrons. The summed E-state index contributed by atoms with van der Waals surface area (Å²) in [6, 6.07) is 5.76. The van der Waals surface area contributed by atoms with Crippen molar-refractivity contribution in [2.24, 2.45) is 0 Å². The zero-order valence-electron chi connectivity index (χ0n) is 14.7. The van der Waals surface area contributed by atoms with Crippen molar-refractivity contribution in [1.29, 1.82) is 0 Å². The Morgan fingerprint density at radius 1 is 1.25 bits per heavy atom. The molecule has 0 aliphatic heterocycles. The lowest BCUT2D eigenvalue weighted by atomic mass is 10.2. The standard InChI is InChI=1S/C18H24N4O2/c1-5-17-19-11-16-18(23)20-14-9-8-13(10-15(14)22(16)17)24-12(4)21(6-2)7-3/h8-12H,5-7H2,1-4H3,(H,20,23). The minimum absolute atomic E-state index is 0.0101. The van der Waals surface area contributed by atoms with Crippen molar-refractivity contribution in [3.63, 3.8) is 0 Å². The van der Waals surface area contributed by atoms with E-state index in [1.54, 1.807) is 6.20 Å². The molecule has 0 fully saturated rings. The topological polar surface area (TPSA) is 62.6 Å². The summed E-state index contributed by atoms with van der Waals surface area (Å²) in [7, 11) is 0. The van der Waals surface area contributed by atoms with Crippen molar-refractivity contribution in [2.45, 2.75) is 40.3 Å². The second-order valence-electron chi connectivity index (χ2n) is 5.82.